The van der Waals surface area contributed by atoms with E-state index < -0.39 is 0 Å². The van der Waals surface area contributed by atoms with Gasteiger partial charge in [-0.05, 0) is 36.4 Å². The van der Waals surface area contributed by atoms with Gasteiger partial charge in [0.05, 0.1) is 6.54 Å². The Labute approximate surface area is 147 Å². The highest BCUT2D eigenvalue weighted by atomic mass is 19.1. The number of urea groups is 1. The van der Waals surface area contributed by atoms with Crippen LogP contribution in [0.2, 0.25) is 0 Å². The van der Waals surface area contributed by atoms with Crippen LogP contribution < -0.4 is 15.0 Å². The molecule has 1 aliphatic heterocycles. The molecule has 132 valence electrons. The lowest BCUT2D eigenvalue weighted by Gasteiger charge is -2.36. The van der Waals surface area contributed by atoms with Crippen LogP contribution in [0, 0.1) is 5.82 Å². The number of para-hydroxylation sites is 1. The molecule has 0 radical (unpaired) electrons. The standard InChI is InChI=1S/C19H22FN3O2/c20-16-6-8-18(9-7-16)25-15-10-21-19(24)23-13-11-22(12-14-23)17-4-2-1-3-5-17/h1-9H,10-15H2,(H,21,24). The van der Waals surface area contributed by atoms with Gasteiger partial charge in [-0.2, -0.15) is 0 Å². The van der Waals surface area contributed by atoms with Crippen LogP contribution in [-0.2, 0) is 0 Å². The molecule has 0 saturated carbocycles. The number of piperazine rings is 1. The highest BCUT2D eigenvalue weighted by Crippen LogP contribution is 2.15. The van der Waals surface area contributed by atoms with Crippen molar-refractivity contribution in [2.24, 2.45) is 0 Å². The van der Waals surface area contributed by atoms with E-state index in [-0.39, 0.29) is 11.8 Å². The lowest BCUT2D eigenvalue weighted by atomic mass is 10.2. The summed E-state index contributed by atoms with van der Waals surface area (Å²) in [5.41, 5.74) is 1.19. The average Bonchev–Trinajstić information content (AvgIpc) is 2.67. The molecule has 1 fully saturated rings. The van der Waals surface area contributed by atoms with E-state index in [1.54, 1.807) is 12.1 Å². The Bertz CT molecular complexity index is 671. The number of nitrogens with one attached hydrogen (secondary N) is 1. The maximum Gasteiger partial charge on any atom is 0.317 e. The van der Waals surface area contributed by atoms with E-state index >= 15 is 0 Å². The number of halogens is 1. The van der Waals surface area contributed by atoms with Gasteiger partial charge in [-0.15, -0.1) is 0 Å². The Balaban J connectivity index is 1.36. The van der Waals surface area contributed by atoms with Crippen molar-refractivity contribution in [1.82, 2.24) is 10.2 Å². The predicted octanol–water partition coefficient (Wildman–Crippen LogP) is 2.74. The Hall–Kier alpha value is -2.76. The number of anilines is 1. The van der Waals surface area contributed by atoms with Gasteiger partial charge in [0.1, 0.15) is 18.2 Å². The summed E-state index contributed by atoms with van der Waals surface area (Å²) in [6.07, 6.45) is 0. The van der Waals surface area contributed by atoms with Gasteiger partial charge in [0.2, 0.25) is 0 Å². The van der Waals surface area contributed by atoms with Gasteiger partial charge in [0.15, 0.2) is 0 Å². The van der Waals surface area contributed by atoms with Crippen molar-refractivity contribution in [3.05, 3.63) is 60.4 Å². The molecule has 5 nitrogen and oxygen atoms in total. The summed E-state index contributed by atoms with van der Waals surface area (Å²) >= 11 is 0. The highest BCUT2D eigenvalue weighted by molar-refractivity contribution is 5.74. The molecule has 0 atom stereocenters. The zero-order valence-corrected chi connectivity index (χ0v) is 14.0. The number of hydrogen-bond acceptors (Lipinski definition) is 3. The molecule has 1 heterocycles. The zero-order valence-electron chi connectivity index (χ0n) is 14.0. The van der Waals surface area contributed by atoms with Crippen molar-refractivity contribution in [1.29, 1.82) is 0 Å². The number of nitrogens with zero attached hydrogens (tertiary/aromatic N) is 2. The normalized spacial score (nSPS) is 14.3. The van der Waals surface area contributed by atoms with Crippen molar-refractivity contribution in [2.45, 2.75) is 0 Å². The van der Waals surface area contributed by atoms with Gasteiger partial charge in [0.25, 0.3) is 0 Å². The molecular weight excluding hydrogens is 321 g/mol. The van der Waals surface area contributed by atoms with Crippen LogP contribution in [0.3, 0.4) is 0 Å². The molecule has 1 saturated heterocycles. The van der Waals surface area contributed by atoms with Gasteiger partial charge in [-0.25, -0.2) is 9.18 Å². The largest absolute Gasteiger partial charge is 0.492 e. The third-order valence-corrected chi connectivity index (χ3v) is 4.15. The average molecular weight is 343 g/mol. The number of ether oxygens (including phenoxy) is 1. The summed E-state index contributed by atoms with van der Waals surface area (Å²) in [7, 11) is 0. The molecule has 0 unspecified atom stereocenters. The fraction of sp³-hybridized carbons (Fsp3) is 0.316. The second-order valence-corrected chi connectivity index (χ2v) is 5.84. The molecule has 1 aliphatic rings. The van der Waals surface area contributed by atoms with E-state index in [1.807, 2.05) is 23.1 Å². The minimum Gasteiger partial charge on any atom is -0.492 e. The highest BCUT2D eigenvalue weighted by Gasteiger charge is 2.20. The Morgan fingerprint density at radius 2 is 1.68 bits per heavy atom. The molecule has 0 bridgehead atoms. The van der Waals surface area contributed by atoms with Gasteiger partial charge in [-0.3, -0.25) is 0 Å². The molecule has 2 aromatic carbocycles. The molecular formula is C19H22FN3O2. The van der Waals surface area contributed by atoms with Crippen molar-refractivity contribution < 1.29 is 13.9 Å². The van der Waals surface area contributed by atoms with Gasteiger partial charge < -0.3 is 19.9 Å². The molecule has 25 heavy (non-hydrogen) atoms. The van der Waals surface area contributed by atoms with Crippen LogP contribution in [0.25, 0.3) is 0 Å². The Morgan fingerprint density at radius 1 is 1.00 bits per heavy atom. The maximum absolute atomic E-state index is 12.8. The lowest BCUT2D eigenvalue weighted by molar-refractivity contribution is 0.191. The Kier molecular flexibility index (Phi) is 5.72. The summed E-state index contributed by atoms with van der Waals surface area (Å²) in [5, 5.41) is 2.86. The number of hydrogen-bond donors (Lipinski definition) is 1. The Morgan fingerprint density at radius 3 is 2.36 bits per heavy atom. The first-order valence-electron chi connectivity index (χ1n) is 8.43. The van der Waals surface area contributed by atoms with Crippen LogP contribution in [0.4, 0.5) is 14.9 Å². The topological polar surface area (TPSA) is 44.8 Å². The van der Waals surface area contributed by atoms with E-state index in [0.717, 1.165) is 13.1 Å². The van der Waals surface area contributed by atoms with Gasteiger partial charge >= 0.3 is 6.03 Å². The fourth-order valence-corrected chi connectivity index (χ4v) is 2.78. The van der Waals surface area contributed by atoms with E-state index in [2.05, 4.69) is 22.3 Å². The maximum atomic E-state index is 12.8. The van der Waals surface area contributed by atoms with Crippen molar-refractivity contribution in [2.75, 3.05) is 44.2 Å². The lowest BCUT2D eigenvalue weighted by Crippen LogP contribution is -2.52. The van der Waals surface area contributed by atoms with Gasteiger partial charge in [0, 0.05) is 31.9 Å². The van der Waals surface area contributed by atoms with Crippen LogP contribution in [-0.4, -0.2) is 50.3 Å². The summed E-state index contributed by atoms with van der Waals surface area (Å²) in [6, 6.07) is 16.0. The quantitative estimate of drug-likeness (QED) is 0.849. The zero-order chi connectivity index (χ0) is 17.5. The fourth-order valence-electron chi connectivity index (χ4n) is 2.78. The molecule has 3 rings (SSSR count). The number of carbonyl (C=O) groups excluding carboxylic acids is 1. The molecule has 2 aromatic rings. The monoisotopic (exact) mass is 343 g/mol. The number of rotatable bonds is 5. The second kappa shape index (κ2) is 8.37. The van der Waals surface area contributed by atoms with Crippen LogP contribution in [0.5, 0.6) is 5.75 Å². The van der Waals surface area contributed by atoms with E-state index in [4.69, 9.17) is 4.74 Å². The van der Waals surface area contributed by atoms with E-state index in [9.17, 15) is 9.18 Å². The summed E-state index contributed by atoms with van der Waals surface area (Å²) < 4.78 is 18.3. The predicted molar refractivity (Wildman–Crippen MR) is 95.5 cm³/mol. The first-order valence-corrected chi connectivity index (χ1v) is 8.43. The van der Waals surface area contributed by atoms with Crippen molar-refractivity contribution in [3.8, 4) is 5.75 Å². The summed E-state index contributed by atoms with van der Waals surface area (Å²) in [5.74, 6) is 0.294. The molecule has 0 spiro atoms. The van der Waals surface area contributed by atoms with Gasteiger partial charge in [-0.1, -0.05) is 18.2 Å². The molecule has 0 aliphatic carbocycles. The van der Waals surface area contributed by atoms with E-state index in [0.29, 0.717) is 32.0 Å². The number of amides is 2. The number of benzene rings is 2. The summed E-state index contributed by atoms with van der Waals surface area (Å²) in [6.45, 7) is 3.79. The van der Waals surface area contributed by atoms with Crippen molar-refractivity contribution in [3.63, 3.8) is 0 Å². The molecule has 2 amide bonds. The SMILES string of the molecule is O=C(NCCOc1ccc(F)cc1)N1CCN(c2ccccc2)CC1. The van der Waals surface area contributed by atoms with Crippen molar-refractivity contribution >= 4 is 11.7 Å². The smallest absolute Gasteiger partial charge is 0.317 e. The van der Waals surface area contributed by atoms with Crippen LogP contribution >= 0.6 is 0 Å². The molecule has 0 aromatic heterocycles. The first kappa shape index (κ1) is 17.1. The third-order valence-electron chi connectivity index (χ3n) is 4.15. The minimum atomic E-state index is -0.296. The third kappa shape index (κ3) is 4.86. The summed E-state index contributed by atoms with van der Waals surface area (Å²) in [4.78, 5) is 16.3. The first-order chi connectivity index (χ1) is 12.2. The molecule has 6 heteroatoms. The minimum absolute atomic E-state index is 0.0737. The molecule has 1 N–H and O–H groups in total. The second-order valence-electron chi connectivity index (χ2n) is 5.84. The van der Waals surface area contributed by atoms with Crippen LogP contribution in [0.15, 0.2) is 54.6 Å². The number of carbonyl (C=O) groups is 1. The van der Waals surface area contributed by atoms with E-state index in [1.165, 1.54) is 17.8 Å². The van der Waals surface area contributed by atoms with Crippen LogP contribution in [0.1, 0.15) is 0 Å².